The van der Waals surface area contributed by atoms with Gasteiger partial charge in [0.25, 0.3) is 0 Å². The number of rotatable bonds is 5. The Balaban J connectivity index is 0.00000312. The maximum atomic E-state index is 12.0. The summed E-state index contributed by atoms with van der Waals surface area (Å²) in [5.74, 6) is -0.597. The van der Waals surface area contributed by atoms with Gasteiger partial charge in [0.05, 0.1) is 12.5 Å². The Morgan fingerprint density at radius 2 is 1.96 bits per heavy atom. The second-order valence-corrected chi connectivity index (χ2v) is 6.41. The number of nitrogens with one attached hydrogen (secondary N) is 1. The third-order valence-corrected chi connectivity index (χ3v) is 4.58. The summed E-state index contributed by atoms with van der Waals surface area (Å²) in [6.07, 6.45) is 5.52. The number of methoxy groups -OCH3 is 1. The molecule has 0 unspecified atom stereocenters. The molecule has 0 spiro atoms. The van der Waals surface area contributed by atoms with Crippen LogP contribution in [0.15, 0.2) is 24.3 Å². The van der Waals surface area contributed by atoms with Crippen LogP contribution in [0.1, 0.15) is 38.2 Å². The molecule has 0 aliphatic heterocycles. The number of amides is 1. The molecule has 0 saturated heterocycles. The fraction of sp³-hybridized carbons (Fsp3) is 0.444. The monoisotopic (exact) mass is 357 g/mol. The Morgan fingerprint density at radius 3 is 2.52 bits per heavy atom. The van der Waals surface area contributed by atoms with Gasteiger partial charge in [0, 0.05) is 12.1 Å². The van der Waals surface area contributed by atoms with Crippen molar-refractivity contribution < 1.29 is 24.5 Å². The van der Waals surface area contributed by atoms with Crippen LogP contribution in [0.3, 0.4) is 0 Å². The molecule has 1 aliphatic rings. The number of benzene rings is 1. The molecule has 0 heterocycles. The average Bonchev–Trinajstić information content (AvgIpc) is 2.56. The SMILES string of the molecule is COc1cc(/C=C/C(=O)NC2CCC(C)(C(=O)O)CC2)ccc1O.[NaH]. The van der Waals surface area contributed by atoms with E-state index in [1.54, 1.807) is 25.1 Å². The first-order valence-corrected chi connectivity index (χ1v) is 7.93. The normalized spacial score (nSPS) is 22.9. The molecular formula is C18H24NNaO5. The molecule has 0 radical (unpaired) electrons. The molecule has 3 N–H and O–H groups in total. The van der Waals surface area contributed by atoms with Crippen LogP contribution in [-0.2, 0) is 9.59 Å². The van der Waals surface area contributed by atoms with Crippen molar-refractivity contribution in [2.24, 2.45) is 5.41 Å². The zero-order valence-electron chi connectivity index (χ0n) is 13.9. The van der Waals surface area contributed by atoms with Gasteiger partial charge in [0.1, 0.15) is 0 Å². The van der Waals surface area contributed by atoms with Crippen LogP contribution >= 0.6 is 0 Å². The Labute approximate surface area is 169 Å². The molecule has 132 valence electrons. The molecule has 0 atom stereocenters. The van der Waals surface area contributed by atoms with Gasteiger partial charge in [-0.25, -0.2) is 0 Å². The summed E-state index contributed by atoms with van der Waals surface area (Å²) in [5.41, 5.74) is 0.0570. The number of aliphatic carboxylic acids is 1. The number of phenols is 1. The van der Waals surface area contributed by atoms with Crippen LogP contribution in [0.4, 0.5) is 0 Å². The van der Waals surface area contributed by atoms with E-state index in [0.29, 0.717) is 31.4 Å². The van der Waals surface area contributed by atoms with E-state index in [-0.39, 0.29) is 47.3 Å². The summed E-state index contributed by atoms with van der Waals surface area (Å²) in [7, 11) is 1.46. The first-order chi connectivity index (χ1) is 11.3. The van der Waals surface area contributed by atoms with E-state index in [1.807, 2.05) is 0 Å². The van der Waals surface area contributed by atoms with Crippen LogP contribution in [0.2, 0.25) is 0 Å². The minimum atomic E-state index is -0.770. The molecular weight excluding hydrogens is 333 g/mol. The summed E-state index contributed by atoms with van der Waals surface area (Å²) in [6, 6.07) is 4.83. The Hall–Kier alpha value is -1.50. The van der Waals surface area contributed by atoms with E-state index in [0.717, 1.165) is 5.56 Å². The van der Waals surface area contributed by atoms with Crippen LogP contribution < -0.4 is 10.1 Å². The molecule has 1 aromatic carbocycles. The fourth-order valence-electron chi connectivity index (χ4n) is 2.83. The molecule has 0 bridgehead atoms. The van der Waals surface area contributed by atoms with Crippen molar-refractivity contribution in [2.75, 3.05) is 7.11 Å². The van der Waals surface area contributed by atoms with Crippen LogP contribution in [0.5, 0.6) is 11.5 Å². The van der Waals surface area contributed by atoms with E-state index in [9.17, 15) is 19.8 Å². The first-order valence-electron chi connectivity index (χ1n) is 7.93. The molecule has 7 heteroatoms. The van der Waals surface area contributed by atoms with Crippen molar-refractivity contribution in [1.82, 2.24) is 5.32 Å². The minimum absolute atomic E-state index is 0. The molecule has 1 aliphatic carbocycles. The van der Waals surface area contributed by atoms with Crippen LogP contribution in [-0.4, -0.2) is 64.8 Å². The number of hydrogen-bond acceptors (Lipinski definition) is 4. The second-order valence-electron chi connectivity index (χ2n) is 6.41. The van der Waals surface area contributed by atoms with E-state index < -0.39 is 11.4 Å². The number of carbonyl (C=O) groups is 2. The summed E-state index contributed by atoms with van der Waals surface area (Å²) < 4.78 is 5.02. The second kappa shape index (κ2) is 9.27. The number of phenolic OH excluding ortho intramolecular Hbond substituents is 1. The van der Waals surface area contributed by atoms with Crippen LogP contribution in [0.25, 0.3) is 6.08 Å². The van der Waals surface area contributed by atoms with Crippen molar-refractivity contribution in [3.8, 4) is 11.5 Å². The number of carboxylic acid groups (broad SMARTS) is 1. The average molecular weight is 357 g/mol. The molecule has 1 aromatic rings. The van der Waals surface area contributed by atoms with Gasteiger partial charge >= 0.3 is 35.5 Å². The maximum absolute atomic E-state index is 12.0. The van der Waals surface area contributed by atoms with Crippen molar-refractivity contribution in [2.45, 2.75) is 38.6 Å². The molecule has 1 saturated carbocycles. The predicted molar refractivity (Wildman–Crippen MR) is 97.0 cm³/mol. The van der Waals surface area contributed by atoms with Gasteiger partial charge in [0.2, 0.25) is 5.91 Å². The number of hydrogen-bond donors (Lipinski definition) is 3. The molecule has 2 rings (SSSR count). The first kappa shape index (κ1) is 21.5. The van der Waals surface area contributed by atoms with Gasteiger partial charge in [0.15, 0.2) is 11.5 Å². The summed E-state index contributed by atoms with van der Waals surface area (Å²) in [5, 5.41) is 21.7. The molecule has 25 heavy (non-hydrogen) atoms. The Morgan fingerprint density at radius 1 is 1.32 bits per heavy atom. The van der Waals surface area contributed by atoms with Gasteiger partial charge in [-0.1, -0.05) is 6.07 Å². The Bertz CT molecular complexity index is 651. The van der Waals surface area contributed by atoms with Gasteiger partial charge in [-0.3, -0.25) is 9.59 Å². The predicted octanol–water partition coefficient (Wildman–Crippen LogP) is 1.92. The zero-order valence-corrected chi connectivity index (χ0v) is 13.9. The fourth-order valence-corrected chi connectivity index (χ4v) is 2.83. The van der Waals surface area contributed by atoms with Crippen LogP contribution in [0, 0.1) is 5.41 Å². The molecule has 6 nitrogen and oxygen atoms in total. The van der Waals surface area contributed by atoms with E-state index in [4.69, 9.17) is 4.74 Å². The van der Waals surface area contributed by atoms with Gasteiger partial charge < -0.3 is 20.3 Å². The summed E-state index contributed by atoms with van der Waals surface area (Å²) >= 11 is 0. The van der Waals surface area contributed by atoms with E-state index >= 15 is 0 Å². The number of ether oxygens (including phenoxy) is 1. The summed E-state index contributed by atoms with van der Waals surface area (Å²) in [6.45, 7) is 1.76. The Kier molecular flexibility index (Phi) is 7.99. The van der Waals surface area contributed by atoms with Gasteiger partial charge in [-0.05, 0) is 56.4 Å². The van der Waals surface area contributed by atoms with E-state index in [2.05, 4.69) is 5.32 Å². The van der Waals surface area contributed by atoms with Crippen molar-refractivity contribution in [1.29, 1.82) is 0 Å². The zero-order chi connectivity index (χ0) is 17.7. The van der Waals surface area contributed by atoms with Crippen molar-refractivity contribution in [3.05, 3.63) is 29.8 Å². The topological polar surface area (TPSA) is 95.9 Å². The number of carbonyl (C=O) groups excluding carboxylic acids is 1. The molecule has 1 amide bonds. The number of carboxylic acids is 1. The van der Waals surface area contributed by atoms with E-state index in [1.165, 1.54) is 19.3 Å². The standard InChI is InChI=1S/C18H23NO5.Na.H/c1-18(17(22)23)9-7-13(8-10-18)19-16(21)6-4-12-3-5-14(20)15(11-12)24-2;;/h3-6,11,13,20H,7-10H2,1-2H3,(H,19,21)(H,22,23);;/b6-4+;;. The summed E-state index contributed by atoms with van der Waals surface area (Å²) in [4.78, 5) is 23.2. The van der Waals surface area contributed by atoms with Crippen molar-refractivity contribution >= 4 is 47.5 Å². The quantitative estimate of drug-likeness (QED) is 0.553. The van der Waals surface area contributed by atoms with Crippen molar-refractivity contribution in [3.63, 3.8) is 0 Å². The number of aromatic hydroxyl groups is 1. The third-order valence-electron chi connectivity index (χ3n) is 4.58. The molecule has 0 aromatic heterocycles. The molecule has 1 fully saturated rings. The van der Waals surface area contributed by atoms with Gasteiger partial charge in [-0.2, -0.15) is 0 Å². The third kappa shape index (κ3) is 5.76. The van der Waals surface area contributed by atoms with Gasteiger partial charge in [-0.15, -0.1) is 0 Å².